The van der Waals surface area contributed by atoms with E-state index in [0.717, 1.165) is 24.3 Å². The molecular formula is C17H21BrF2. The molecule has 2 aliphatic rings. The maximum Gasteiger partial charge on any atom is 0.130 e. The van der Waals surface area contributed by atoms with E-state index in [1.807, 2.05) is 0 Å². The molecule has 2 fully saturated rings. The van der Waals surface area contributed by atoms with Crippen LogP contribution in [0.4, 0.5) is 8.78 Å². The van der Waals surface area contributed by atoms with Crippen molar-refractivity contribution in [2.24, 2.45) is 17.8 Å². The van der Waals surface area contributed by atoms with Gasteiger partial charge in [-0.05, 0) is 43.1 Å². The van der Waals surface area contributed by atoms with Crippen LogP contribution in [0.5, 0.6) is 0 Å². The smallest absolute Gasteiger partial charge is 0.130 e. The summed E-state index contributed by atoms with van der Waals surface area (Å²) in [6, 6.07) is 3.95. The number of fused-ring (bicyclic) bond motifs is 1. The Bertz CT molecular complexity index is 474. The molecule has 0 bridgehead atoms. The Hall–Kier alpha value is -0.440. The zero-order valence-corrected chi connectivity index (χ0v) is 13.2. The molecule has 2 saturated carbocycles. The number of benzene rings is 1. The standard InChI is InChI=1S/C17H21BrF2/c18-17(15-8-7-14(19)10-16(15)20)13-6-5-11-3-1-2-4-12(11)9-13/h7-8,10-13,17H,1-6,9H2. The van der Waals surface area contributed by atoms with Gasteiger partial charge in [0.1, 0.15) is 11.6 Å². The first kappa shape index (κ1) is 14.5. The van der Waals surface area contributed by atoms with Crippen LogP contribution in [0.25, 0.3) is 0 Å². The highest BCUT2D eigenvalue weighted by Crippen LogP contribution is 2.48. The summed E-state index contributed by atoms with van der Waals surface area (Å²) >= 11 is 3.68. The zero-order chi connectivity index (χ0) is 14.1. The minimum atomic E-state index is -0.498. The van der Waals surface area contributed by atoms with Crippen molar-refractivity contribution in [3.05, 3.63) is 35.4 Å². The molecule has 0 N–H and O–H groups in total. The van der Waals surface area contributed by atoms with Gasteiger partial charge < -0.3 is 0 Å². The third-order valence-corrected chi connectivity index (χ3v) is 6.49. The number of hydrogen-bond acceptors (Lipinski definition) is 0. The predicted octanol–water partition coefficient (Wildman–Crippen LogP) is 6.01. The molecule has 3 heteroatoms. The van der Waals surface area contributed by atoms with Crippen molar-refractivity contribution in [2.45, 2.75) is 49.8 Å². The molecule has 1 aromatic rings. The molecule has 2 aliphatic carbocycles. The van der Waals surface area contributed by atoms with Crippen LogP contribution in [0.15, 0.2) is 18.2 Å². The maximum atomic E-state index is 13.9. The normalized spacial score (nSPS) is 31.6. The van der Waals surface area contributed by atoms with Crippen LogP contribution in [0, 0.1) is 29.4 Å². The topological polar surface area (TPSA) is 0 Å². The van der Waals surface area contributed by atoms with Crippen molar-refractivity contribution < 1.29 is 8.78 Å². The van der Waals surface area contributed by atoms with E-state index >= 15 is 0 Å². The summed E-state index contributed by atoms with van der Waals surface area (Å²) in [5.74, 6) is 1.29. The van der Waals surface area contributed by atoms with Crippen molar-refractivity contribution in [2.75, 3.05) is 0 Å². The highest BCUT2D eigenvalue weighted by molar-refractivity contribution is 9.09. The Morgan fingerprint density at radius 3 is 2.50 bits per heavy atom. The van der Waals surface area contributed by atoms with Crippen molar-refractivity contribution in [1.29, 1.82) is 0 Å². The van der Waals surface area contributed by atoms with Gasteiger partial charge >= 0.3 is 0 Å². The first-order valence-electron chi connectivity index (χ1n) is 7.74. The third kappa shape index (κ3) is 2.93. The highest BCUT2D eigenvalue weighted by atomic mass is 79.9. The lowest BCUT2D eigenvalue weighted by atomic mass is 9.66. The minimum absolute atomic E-state index is 0.0194. The van der Waals surface area contributed by atoms with E-state index in [1.165, 1.54) is 44.6 Å². The summed E-state index contributed by atoms with van der Waals surface area (Å²) in [4.78, 5) is 0.0194. The van der Waals surface area contributed by atoms with Crippen LogP contribution in [0.1, 0.15) is 55.3 Å². The Morgan fingerprint density at radius 2 is 1.75 bits per heavy atom. The van der Waals surface area contributed by atoms with Gasteiger partial charge in [-0.1, -0.05) is 47.7 Å². The van der Waals surface area contributed by atoms with Gasteiger partial charge in [0, 0.05) is 16.5 Å². The molecule has 0 radical (unpaired) electrons. The van der Waals surface area contributed by atoms with E-state index in [4.69, 9.17) is 0 Å². The van der Waals surface area contributed by atoms with Crippen LogP contribution >= 0.6 is 15.9 Å². The van der Waals surface area contributed by atoms with Gasteiger partial charge in [0.15, 0.2) is 0 Å². The lowest BCUT2D eigenvalue weighted by Gasteiger charge is -2.41. The summed E-state index contributed by atoms with van der Waals surface area (Å²) in [5.41, 5.74) is 0.616. The number of alkyl halides is 1. The quantitative estimate of drug-likeness (QED) is 0.577. The lowest BCUT2D eigenvalue weighted by molar-refractivity contribution is 0.129. The van der Waals surface area contributed by atoms with Crippen molar-refractivity contribution in [3.63, 3.8) is 0 Å². The first-order chi connectivity index (χ1) is 9.65. The first-order valence-corrected chi connectivity index (χ1v) is 8.65. The van der Waals surface area contributed by atoms with Gasteiger partial charge in [-0.15, -0.1) is 0 Å². The second-order valence-corrected chi connectivity index (χ2v) is 7.43. The molecule has 3 rings (SSSR count). The van der Waals surface area contributed by atoms with Crippen molar-refractivity contribution >= 4 is 15.9 Å². The summed E-state index contributed by atoms with van der Waals surface area (Å²) in [7, 11) is 0. The van der Waals surface area contributed by atoms with Crippen LogP contribution in [-0.4, -0.2) is 0 Å². The van der Waals surface area contributed by atoms with Gasteiger partial charge in [0.25, 0.3) is 0 Å². The Labute approximate surface area is 128 Å². The van der Waals surface area contributed by atoms with E-state index in [-0.39, 0.29) is 4.83 Å². The van der Waals surface area contributed by atoms with Crippen LogP contribution in [-0.2, 0) is 0 Å². The molecule has 0 aromatic heterocycles. The van der Waals surface area contributed by atoms with E-state index in [1.54, 1.807) is 6.07 Å². The van der Waals surface area contributed by atoms with Gasteiger partial charge in [0.05, 0.1) is 0 Å². The Balaban J connectivity index is 1.72. The number of rotatable bonds is 2. The fourth-order valence-corrected chi connectivity index (χ4v) is 5.01. The second kappa shape index (κ2) is 6.13. The number of hydrogen-bond donors (Lipinski definition) is 0. The maximum absolute atomic E-state index is 13.9. The zero-order valence-electron chi connectivity index (χ0n) is 11.6. The van der Waals surface area contributed by atoms with Crippen LogP contribution < -0.4 is 0 Å². The monoisotopic (exact) mass is 342 g/mol. The predicted molar refractivity (Wildman–Crippen MR) is 80.8 cm³/mol. The van der Waals surface area contributed by atoms with Crippen molar-refractivity contribution in [3.8, 4) is 0 Å². The molecule has 0 nitrogen and oxygen atoms in total. The third-order valence-electron chi connectivity index (χ3n) is 5.25. The number of halogens is 3. The SMILES string of the molecule is Fc1ccc(C(Br)C2CCC3CCCCC3C2)c(F)c1. The van der Waals surface area contributed by atoms with Crippen LogP contribution in [0.2, 0.25) is 0 Å². The molecule has 110 valence electrons. The molecular weight excluding hydrogens is 322 g/mol. The van der Waals surface area contributed by atoms with E-state index in [9.17, 15) is 8.78 Å². The summed E-state index contributed by atoms with van der Waals surface area (Å²) in [6.07, 6.45) is 9.09. The lowest BCUT2D eigenvalue weighted by Crippen LogP contribution is -2.29. The Morgan fingerprint density at radius 1 is 1.00 bits per heavy atom. The van der Waals surface area contributed by atoms with E-state index in [0.29, 0.717) is 11.5 Å². The molecule has 0 amide bonds. The summed E-state index contributed by atoms with van der Waals surface area (Å²) in [5, 5.41) is 0. The Kier molecular flexibility index (Phi) is 4.44. The molecule has 20 heavy (non-hydrogen) atoms. The molecule has 0 aliphatic heterocycles. The van der Waals surface area contributed by atoms with Gasteiger partial charge in [-0.3, -0.25) is 0 Å². The molecule has 4 atom stereocenters. The average molecular weight is 343 g/mol. The molecule has 0 spiro atoms. The van der Waals surface area contributed by atoms with Gasteiger partial charge in [0.2, 0.25) is 0 Å². The second-order valence-electron chi connectivity index (χ2n) is 6.45. The average Bonchev–Trinajstić information content (AvgIpc) is 2.46. The largest absolute Gasteiger partial charge is 0.207 e. The summed E-state index contributed by atoms with van der Waals surface area (Å²) < 4.78 is 26.9. The van der Waals surface area contributed by atoms with E-state index in [2.05, 4.69) is 15.9 Å². The fraction of sp³-hybridized carbons (Fsp3) is 0.647. The molecule has 0 saturated heterocycles. The van der Waals surface area contributed by atoms with Gasteiger partial charge in [-0.2, -0.15) is 0 Å². The van der Waals surface area contributed by atoms with Crippen molar-refractivity contribution in [1.82, 2.24) is 0 Å². The molecule has 4 unspecified atom stereocenters. The van der Waals surface area contributed by atoms with E-state index < -0.39 is 11.6 Å². The minimum Gasteiger partial charge on any atom is -0.207 e. The van der Waals surface area contributed by atoms with Gasteiger partial charge in [-0.25, -0.2) is 8.78 Å². The molecule has 1 aromatic carbocycles. The highest BCUT2D eigenvalue weighted by Gasteiger charge is 2.35. The summed E-state index contributed by atoms with van der Waals surface area (Å²) in [6.45, 7) is 0. The van der Waals surface area contributed by atoms with Crippen LogP contribution in [0.3, 0.4) is 0 Å². The molecule has 0 heterocycles. The fourth-order valence-electron chi connectivity index (χ4n) is 4.15.